The molecular weight excluding hydrogens is 301 g/mol. The number of ether oxygens (including phenoxy) is 1. The van der Waals surface area contributed by atoms with Crippen LogP contribution in [0.3, 0.4) is 0 Å². The number of para-hydroxylation sites is 1. The van der Waals surface area contributed by atoms with Gasteiger partial charge in [0.05, 0.1) is 7.11 Å². The molecule has 2 aromatic rings. The third kappa shape index (κ3) is 3.69. The molecule has 0 saturated heterocycles. The second-order valence-electron chi connectivity index (χ2n) is 4.59. The molecule has 2 rings (SSSR count). The molecule has 22 heavy (non-hydrogen) atoms. The third-order valence-corrected chi connectivity index (χ3v) is 5.41. The Bertz CT molecular complexity index is 622. The zero-order chi connectivity index (χ0) is 16.0. The first-order chi connectivity index (χ1) is 10.6. The fourth-order valence-corrected chi connectivity index (χ4v) is 3.52. The Balaban J connectivity index is 2.38. The van der Waals surface area contributed by atoms with Crippen molar-refractivity contribution in [2.45, 2.75) is 5.78 Å². The van der Waals surface area contributed by atoms with Crippen LogP contribution in [0.25, 0.3) is 0 Å². The summed E-state index contributed by atoms with van der Waals surface area (Å²) in [7, 11) is 1.01. The van der Waals surface area contributed by atoms with Crippen LogP contribution in [-0.2, 0) is 13.6 Å². The lowest BCUT2D eigenvalue weighted by molar-refractivity contribution is 0.268. The number of hydrogen-bond acceptors (Lipinski definition) is 5. The van der Waals surface area contributed by atoms with Crippen LogP contribution in [0.2, 0.25) is 0 Å². The summed E-state index contributed by atoms with van der Waals surface area (Å²) in [6.07, 6.45) is 0. The number of rotatable bonds is 7. The minimum absolute atomic E-state index is 0.615. The smallest absolute Gasteiger partial charge is 0.356 e. The molecule has 118 valence electrons. The average Bonchev–Trinajstić information content (AvgIpc) is 2.60. The van der Waals surface area contributed by atoms with E-state index in [1.807, 2.05) is 54.6 Å². The van der Waals surface area contributed by atoms with Crippen molar-refractivity contribution in [3.8, 4) is 5.75 Å². The van der Waals surface area contributed by atoms with Crippen LogP contribution >= 0.6 is 7.60 Å². The largest absolute Gasteiger partial charge is 0.497 e. The van der Waals surface area contributed by atoms with Gasteiger partial charge in [0.2, 0.25) is 0 Å². The zero-order valence-corrected chi connectivity index (χ0v) is 13.7. The van der Waals surface area contributed by atoms with Gasteiger partial charge in [0.1, 0.15) is 5.75 Å². The first-order valence-electron chi connectivity index (χ1n) is 6.79. The molecule has 0 bridgehead atoms. The molecule has 0 aliphatic heterocycles. The van der Waals surface area contributed by atoms with Crippen LogP contribution in [0.4, 0.5) is 5.69 Å². The van der Waals surface area contributed by atoms with Gasteiger partial charge in [-0.3, -0.25) is 4.57 Å². The second kappa shape index (κ2) is 7.45. The fourth-order valence-electron chi connectivity index (χ4n) is 2.11. The Morgan fingerprint density at radius 2 is 1.50 bits per heavy atom. The van der Waals surface area contributed by atoms with E-state index in [9.17, 15) is 4.57 Å². The molecule has 0 heterocycles. The molecule has 1 atom stereocenters. The van der Waals surface area contributed by atoms with E-state index in [-0.39, 0.29) is 0 Å². The summed E-state index contributed by atoms with van der Waals surface area (Å²) < 4.78 is 28.4. The molecule has 2 aromatic carbocycles. The Hall–Kier alpha value is -1.81. The maximum atomic E-state index is 12.9. The highest BCUT2D eigenvalue weighted by molar-refractivity contribution is 7.54. The molecule has 0 aromatic heterocycles. The van der Waals surface area contributed by atoms with Crippen molar-refractivity contribution in [2.24, 2.45) is 0 Å². The Labute approximate surface area is 130 Å². The molecule has 0 fully saturated rings. The summed E-state index contributed by atoms with van der Waals surface area (Å²) >= 11 is 0. The Morgan fingerprint density at radius 1 is 0.909 bits per heavy atom. The van der Waals surface area contributed by atoms with Gasteiger partial charge in [-0.15, -0.1) is 0 Å². The van der Waals surface area contributed by atoms with Crippen molar-refractivity contribution in [3.05, 3.63) is 60.2 Å². The standard InChI is InChI=1S/C16H20NO4P/c1-19-15-11-9-13(10-12-15)16(22(18,20-2)21-3)17-14-7-5-4-6-8-14/h4-12,16-17H,1-3H3/t16-/m1/s1. The number of anilines is 1. The van der Waals surface area contributed by atoms with Crippen LogP contribution in [0.5, 0.6) is 5.75 Å². The van der Waals surface area contributed by atoms with Gasteiger partial charge in [0, 0.05) is 19.9 Å². The minimum atomic E-state index is -3.35. The quantitative estimate of drug-likeness (QED) is 0.771. The van der Waals surface area contributed by atoms with E-state index in [2.05, 4.69) is 5.32 Å². The van der Waals surface area contributed by atoms with E-state index in [0.29, 0.717) is 0 Å². The van der Waals surface area contributed by atoms with Crippen molar-refractivity contribution < 1.29 is 18.3 Å². The molecule has 0 aliphatic rings. The number of nitrogens with one attached hydrogen (secondary N) is 1. The summed E-state index contributed by atoms with van der Waals surface area (Å²) in [5.74, 6) is 0.114. The van der Waals surface area contributed by atoms with E-state index in [1.54, 1.807) is 7.11 Å². The molecule has 1 N–H and O–H groups in total. The maximum Gasteiger partial charge on any atom is 0.356 e. The Kier molecular flexibility index (Phi) is 5.61. The highest BCUT2D eigenvalue weighted by atomic mass is 31.2. The monoisotopic (exact) mass is 321 g/mol. The van der Waals surface area contributed by atoms with E-state index < -0.39 is 13.4 Å². The lowest BCUT2D eigenvalue weighted by atomic mass is 10.2. The van der Waals surface area contributed by atoms with Crippen LogP contribution in [0, 0.1) is 0 Å². The normalized spacial score (nSPS) is 12.7. The van der Waals surface area contributed by atoms with Crippen molar-refractivity contribution in [1.29, 1.82) is 0 Å². The van der Waals surface area contributed by atoms with E-state index >= 15 is 0 Å². The molecular formula is C16H20NO4P. The van der Waals surface area contributed by atoms with Gasteiger partial charge >= 0.3 is 7.60 Å². The van der Waals surface area contributed by atoms with Gasteiger partial charge in [-0.25, -0.2) is 0 Å². The predicted octanol–water partition coefficient (Wildman–Crippen LogP) is 4.29. The highest BCUT2D eigenvalue weighted by Gasteiger charge is 2.35. The average molecular weight is 321 g/mol. The third-order valence-electron chi connectivity index (χ3n) is 3.33. The molecule has 0 spiro atoms. The van der Waals surface area contributed by atoms with E-state index in [0.717, 1.165) is 17.0 Å². The lowest BCUT2D eigenvalue weighted by Gasteiger charge is -2.26. The SMILES string of the molecule is COc1ccc([C@H](Nc2ccccc2)P(=O)(OC)OC)cc1. The first-order valence-corrected chi connectivity index (χ1v) is 8.41. The van der Waals surface area contributed by atoms with Crippen molar-refractivity contribution in [3.63, 3.8) is 0 Å². The fraction of sp³-hybridized carbons (Fsp3) is 0.250. The molecule has 0 unspecified atom stereocenters. The van der Waals surface area contributed by atoms with Gasteiger partial charge in [-0.1, -0.05) is 30.3 Å². The molecule has 0 saturated carbocycles. The topological polar surface area (TPSA) is 56.8 Å². The number of methoxy groups -OCH3 is 1. The molecule has 6 heteroatoms. The van der Waals surface area contributed by atoms with E-state index in [1.165, 1.54) is 14.2 Å². The zero-order valence-electron chi connectivity index (χ0n) is 12.9. The van der Waals surface area contributed by atoms with E-state index in [4.69, 9.17) is 13.8 Å². The second-order valence-corrected chi connectivity index (χ2v) is 6.92. The summed E-state index contributed by atoms with van der Waals surface area (Å²) in [6, 6.07) is 16.8. The first kappa shape index (κ1) is 16.6. The van der Waals surface area contributed by atoms with Crippen molar-refractivity contribution in [2.75, 3.05) is 26.6 Å². The van der Waals surface area contributed by atoms with Crippen molar-refractivity contribution >= 4 is 13.3 Å². The molecule has 0 radical (unpaired) electrons. The molecule has 5 nitrogen and oxygen atoms in total. The van der Waals surface area contributed by atoms with Crippen LogP contribution in [0.15, 0.2) is 54.6 Å². The van der Waals surface area contributed by atoms with Gasteiger partial charge in [0.25, 0.3) is 0 Å². The van der Waals surface area contributed by atoms with Crippen LogP contribution < -0.4 is 10.1 Å². The van der Waals surface area contributed by atoms with Gasteiger partial charge in [-0.05, 0) is 29.8 Å². The maximum absolute atomic E-state index is 12.9. The van der Waals surface area contributed by atoms with Gasteiger partial charge < -0.3 is 19.1 Å². The van der Waals surface area contributed by atoms with Crippen LogP contribution in [-0.4, -0.2) is 21.3 Å². The van der Waals surface area contributed by atoms with Crippen LogP contribution in [0.1, 0.15) is 11.3 Å². The summed E-state index contributed by atoms with van der Waals surface area (Å²) in [6.45, 7) is 0. The summed E-state index contributed by atoms with van der Waals surface area (Å²) in [5.41, 5.74) is 1.62. The Morgan fingerprint density at radius 3 is 2.00 bits per heavy atom. The summed E-state index contributed by atoms with van der Waals surface area (Å²) in [4.78, 5) is 0. The number of hydrogen-bond donors (Lipinski definition) is 1. The lowest BCUT2D eigenvalue weighted by Crippen LogP contribution is -2.13. The molecule has 0 aliphatic carbocycles. The predicted molar refractivity (Wildman–Crippen MR) is 87.4 cm³/mol. The number of benzene rings is 2. The minimum Gasteiger partial charge on any atom is -0.497 e. The van der Waals surface area contributed by atoms with Crippen molar-refractivity contribution in [1.82, 2.24) is 0 Å². The van der Waals surface area contributed by atoms with Gasteiger partial charge in [-0.2, -0.15) is 0 Å². The summed E-state index contributed by atoms with van der Waals surface area (Å²) in [5, 5.41) is 3.22. The van der Waals surface area contributed by atoms with Gasteiger partial charge in [0.15, 0.2) is 5.78 Å². The molecule has 0 amide bonds. The highest BCUT2D eigenvalue weighted by Crippen LogP contribution is 2.59.